The second-order valence-corrected chi connectivity index (χ2v) is 9.78. The van der Waals surface area contributed by atoms with Gasteiger partial charge >= 0.3 is 6.18 Å². The van der Waals surface area contributed by atoms with Gasteiger partial charge in [-0.25, -0.2) is 4.39 Å². The van der Waals surface area contributed by atoms with E-state index in [-0.39, 0.29) is 30.1 Å². The smallest absolute Gasteiger partial charge is 0.381 e. The molecule has 4 rings (SSSR count). The summed E-state index contributed by atoms with van der Waals surface area (Å²) in [6, 6.07) is 9.14. The zero-order valence-electron chi connectivity index (χ0n) is 20.6. The summed E-state index contributed by atoms with van der Waals surface area (Å²) < 4.78 is 58.8. The molecule has 2 aliphatic heterocycles. The van der Waals surface area contributed by atoms with E-state index in [0.29, 0.717) is 44.7 Å². The number of benzene rings is 2. The third-order valence-corrected chi connectivity index (χ3v) is 7.09. The topological polar surface area (TPSA) is 70.7 Å². The predicted octanol–water partition coefficient (Wildman–Crippen LogP) is 5.24. The number of nitrogens with zero attached hydrogens (tertiary/aromatic N) is 1. The molecule has 2 heterocycles. The monoisotopic (exact) mass is 521 g/mol. The number of anilines is 2. The molecule has 6 nitrogen and oxygen atoms in total. The summed E-state index contributed by atoms with van der Waals surface area (Å²) in [4.78, 5) is 28.1. The summed E-state index contributed by atoms with van der Waals surface area (Å²) in [7, 11) is 0. The molecule has 0 aliphatic carbocycles. The molecule has 0 saturated carbocycles. The number of piperidine rings is 1. The van der Waals surface area contributed by atoms with Crippen molar-refractivity contribution in [2.75, 3.05) is 36.9 Å². The Morgan fingerprint density at radius 3 is 2.51 bits per heavy atom. The van der Waals surface area contributed by atoms with Crippen molar-refractivity contribution in [1.29, 1.82) is 0 Å². The first-order valence-corrected chi connectivity index (χ1v) is 12.5. The van der Waals surface area contributed by atoms with Crippen LogP contribution in [0.25, 0.3) is 0 Å². The van der Waals surface area contributed by atoms with Gasteiger partial charge in [-0.2, -0.15) is 13.2 Å². The molecule has 2 saturated heterocycles. The lowest BCUT2D eigenvalue weighted by Crippen LogP contribution is -2.53. The van der Waals surface area contributed by atoms with Crippen LogP contribution in [-0.2, 0) is 20.5 Å². The molecule has 0 bridgehead atoms. The number of rotatable bonds is 6. The van der Waals surface area contributed by atoms with E-state index in [1.165, 1.54) is 0 Å². The van der Waals surface area contributed by atoms with Crippen LogP contribution in [0.15, 0.2) is 42.5 Å². The van der Waals surface area contributed by atoms with Crippen molar-refractivity contribution in [2.24, 2.45) is 11.8 Å². The molecule has 200 valence electrons. The number of likely N-dealkylation sites (tertiary alicyclic amines) is 1. The van der Waals surface area contributed by atoms with Gasteiger partial charge in [-0.1, -0.05) is 18.2 Å². The quantitative estimate of drug-likeness (QED) is 0.511. The predicted molar refractivity (Wildman–Crippen MR) is 131 cm³/mol. The molecule has 0 aromatic heterocycles. The number of amides is 2. The molecule has 2 atom stereocenters. The number of hydrogen-bond acceptors (Lipinski definition) is 4. The maximum Gasteiger partial charge on any atom is 0.416 e. The van der Waals surface area contributed by atoms with Crippen LogP contribution in [0.4, 0.5) is 28.9 Å². The van der Waals surface area contributed by atoms with E-state index in [1.54, 1.807) is 4.90 Å². The van der Waals surface area contributed by atoms with Crippen molar-refractivity contribution >= 4 is 23.2 Å². The zero-order chi connectivity index (χ0) is 26.6. The molecule has 2 aromatic rings. The van der Waals surface area contributed by atoms with Crippen molar-refractivity contribution in [1.82, 2.24) is 4.90 Å². The maximum absolute atomic E-state index is 13.9. The van der Waals surface area contributed by atoms with Gasteiger partial charge in [0.1, 0.15) is 5.82 Å². The molecule has 37 heavy (non-hydrogen) atoms. The van der Waals surface area contributed by atoms with Crippen molar-refractivity contribution in [2.45, 2.75) is 44.8 Å². The first-order chi connectivity index (χ1) is 17.6. The number of alkyl halides is 3. The van der Waals surface area contributed by atoms with E-state index in [2.05, 4.69) is 10.6 Å². The van der Waals surface area contributed by atoms with E-state index in [4.69, 9.17) is 4.74 Å². The minimum atomic E-state index is -4.76. The third kappa shape index (κ3) is 7.00. The fraction of sp³-hybridized carbons (Fsp3) is 0.481. The van der Waals surface area contributed by atoms with E-state index in [9.17, 15) is 27.2 Å². The van der Waals surface area contributed by atoms with Gasteiger partial charge in [0.05, 0.1) is 11.5 Å². The number of carbonyl (C=O) groups excluding carboxylic acids is 2. The largest absolute Gasteiger partial charge is 0.416 e. The molecular formula is C27H31F4N3O3. The highest BCUT2D eigenvalue weighted by atomic mass is 19.4. The summed E-state index contributed by atoms with van der Waals surface area (Å²) in [5.41, 5.74) is 0.337. The minimum Gasteiger partial charge on any atom is -0.381 e. The summed E-state index contributed by atoms with van der Waals surface area (Å²) in [5, 5.41) is 5.85. The fourth-order valence-corrected chi connectivity index (χ4v) is 4.94. The number of nitrogens with one attached hydrogen (secondary N) is 2. The van der Waals surface area contributed by atoms with Gasteiger partial charge < -0.3 is 20.3 Å². The minimum absolute atomic E-state index is 0.0517. The number of aryl methyl sites for hydroxylation is 1. The van der Waals surface area contributed by atoms with Gasteiger partial charge in [-0.05, 0) is 61.9 Å². The lowest BCUT2D eigenvalue weighted by atomic mass is 9.89. The average molecular weight is 522 g/mol. The SMILES string of the molecule is Cc1ccccc1N[C@H]1CCN(C(=O)CC2CCOCC2)C[C@H]1C(=O)Nc1cc(F)cc(C(F)(F)F)c1. The van der Waals surface area contributed by atoms with Crippen molar-refractivity contribution < 1.29 is 31.9 Å². The van der Waals surface area contributed by atoms with Crippen LogP contribution in [0.3, 0.4) is 0 Å². The van der Waals surface area contributed by atoms with Gasteiger partial charge in [0.15, 0.2) is 0 Å². The Morgan fingerprint density at radius 2 is 1.81 bits per heavy atom. The number of para-hydroxylation sites is 1. The van der Waals surface area contributed by atoms with E-state index in [0.717, 1.165) is 30.2 Å². The molecule has 2 fully saturated rings. The van der Waals surface area contributed by atoms with Crippen LogP contribution in [0.1, 0.15) is 36.8 Å². The van der Waals surface area contributed by atoms with Gasteiger partial charge in [-0.3, -0.25) is 9.59 Å². The van der Waals surface area contributed by atoms with E-state index < -0.39 is 29.4 Å². The summed E-state index contributed by atoms with van der Waals surface area (Å²) in [6.07, 6.45) is -2.30. The highest BCUT2D eigenvalue weighted by molar-refractivity contribution is 5.94. The molecule has 2 N–H and O–H groups in total. The molecule has 2 aromatic carbocycles. The first-order valence-electron chi connectivity index (χ1n) is 12.5. The Hall–Kier alpha value is -3.14. The Kier molecular flexibility index (Phi) is 8.36. The molecule has 2 aliphatic rings. The number of halogens is 4. The fourth-order valence-electron chi connectivity index (χ4n) is 4.94. The van der Waals surface area contributed by atoms with Crippen LogP contribution in [0.2, 0.25) is 0 Å². The zero-order valence-corrected chi connectivity index (χ0v) is 20.6. The second kappa shape index (κ2) is 11.5. The van der Waals surface area contributed by atoms with Gasteiger partial charge in [0.25, 0.3) is 0 Å². The van der Waals surface area contributed by atoms with Crippen molar-refractivity contribution in [3.8, 4) is 0 Å². The average Bonchev–Trinajstić information content (AvgIpc) is 2.85. The maximum atomic E-state index is 13.9. The Morgan fingerprint density at radius 1 is 1.08 bits per heavy atom. The number of ether oxygens (including phenoxy) is 1. The summed E-state index contributed by atoms with van der Waals surface area (Å²) in [5.74, 6) is -2.26. The van der Waals surface area contributed by atoms with Crippen LogP contribution in [0, 0.1) is 24.6 Å². The van der Waals surface area contributed by atoms with Crippen LogP contribution < -0.4 is 10.6 Å². The van der Waals surface area contributed by atoms with Crippen LogP contribution in [-0.4, -0.2) is 49.1 Å². The van der Waals surface area contributed by atoms with Crippen LogP contribution >= 0.6 is 0 Å². The Balaban J connectivity index is 1.53. The highest BCUT2D eigenvalue weighted by Gasteiger charge is 2.37. The molecule has 10 heteroatoms. The summed E-state index contributed by atoms with van der Waals surface area (Å²) >= 11 is 0. The van der Waals surface area contributed by atoms with Crippen molar-refractivity contribution in [3.63, 3.8) is 0 Å². The second-order valence-electron chi connectivity index (χ2n) is 9.78. The van der Waals surface area contributed by atoms with Crippen molar-refractivity contribution in [3.05, 3.63) is 59.4 Å². The number of hydrogen-bond donors (Lipinski definition) is 2. The standard InChI is InChI=1S/C27H31F4N3O3/c1-17-4-2-3-5-23(17)33-24-6-9-34(25(35)12-18-7-10-37-11-8-18)16-22(24)26(36)32-21-14-19(27(29,30)31)13-20(28)15-21/h2-5,13-15,18,22,24,33H,6-12,16H2,1H3,(H,32,36)/t22-,24+/m1/s1. The molecule has 0 radical (unpaired) electrons. The van der Waals surface area contributed by atoms with Gasteiger partial charge in [0.2, 0.25) is 11.8 Å². The highest BCUT2D eigenvalue weighted by Crippen LogP contribution is 2.32. The number of carbonyl (C=O) groups is 2. The lowest BCUT2D eigenvalue weighted by Gasteiger charge is -2.39. The van der Waals surface area contributed by atoms with Crippen LogP contribution in [0.5, 0.6) is 0 Å². The Bertz CT molecular complexity index is 1120. The van der Waals surface area contributed by atoms with Gasteiger partial charge in [0, 0.05) is 50.1 Å². The molecule has 0 spiro atoms. The molecular weight excluding hydrogens is 490 g/mol. The Labute approximate surface area is 213 Å². The van der Waals surface area contributed by atoms with Gasteiger partial charge in [-0.15, -0.1) is 0 Å². The summed E-state index contributed by atoms with van der Waals surface area (Å²) in [6.45, 7) is 3.74. The third-order valence-electron chi connectivity index (χ3n) is 7.09. The van der Waals surface area contributed by atoms with E-state index >= 15 is 0 Å². The molecule has 2 amide bonds. The lowest BCUT2D eigenvalue weighted by molar-refractivity contribution is -0.138. The molecule has 0 unspecified atom stereocenters. The first kappa shape index (κ1) is 26.9. The van der Waals surface area contributed by atoms with E-state index in [1.807, 2.05) is 31.2 Å². The normalized spacial score (nSPS) is 20.9.